The minimum atomic E-state index is -0.918. The topological polar surface area (TPSA) is 54.6 Å². The Morgan fingerprint density at radius 2 is 1.95 bits per heavy atom. The number of imidazole rings is 1. The highest BCUT2D eigenvalue weighted by Crippen LogP contribution is 2.17. The van der Waals surface area contributed by atoms with Gasteiger partial charge in [-0.05, 0) is 55.0 Å². The van der Waals surface area contributed by atoms with Gasteiger partial charge in [0.15, 0.2) is 0 Å². The fraction of sp³-hybridized carbons (Fsp3) is 0.222. The third-order valence-electron chi connectivity index (χ3n) is 4.10. The summed E-state index contributed by atoms with van der Waals surface area (Å²) < 4.78 is 1.64. The first-order valence-electron chi connectivity index (χ1n) is 7.30. The first kappa shape index (κ1) is 14.3. The van der Waals surface area contributed by atoms with E-state index in [0.717, 1.165) is 12.0 Å². The van der Waals surface area contributed by atoms with Gasteiger partial charge >= 0.3 is 5.97 Å². The molecule has 0 spiro atoms. The maximum Gasteiger partial charge on any atom is 0.353 e. The Morgan fingerprint density at radius 1 is 1.14 bits per heavy atom. The van der Waals surface area contributed by atoms with Crippen LogP contribution in [0.3, 0.4) is 0 Å². The van der Waals surface area contributed by atoms with Crippen LogP contribution in [0.5, 0.6) is 0 Å². The highest BCUT2D eigenvalue weighted by molar-refractivity contribution is 5.88. The van der Waals surface area contributed by atoms with Crippen molar-refractivity contribution in [2.24, 2.45) is 0 Å². The van der Waals surface area contributed by atoms with Crippen LogP contribution in [0.25, 0.3) is 5.65 Å². The first-order chi connectivity index (χ1) is 10.6. The molecule has 0 aliphatic rings. The van der Waals surface area contributed by atoms with Crippen molar-refractivity contribution in [3.8, 4) is 0 Å². The lowest BCUT2D eigenvalue weighted by atomic mass is 9.99. The van der Waals surface area contributed by atoms with E-state index in [1.54, 1.807) is 16.8 Å². The molecule has 3 rings (SSSR count). The number of hydrogen-bond donors (Lipinski definition) is 1. The van der Waals surface area contributed by atoms with Crippen LogP contribution in [0, 0.1) is 13.8 Å². The summed E-state index contributed by atoms with van der Waals surface area (Å²) in [7, 11) is 0. The standard InChI is InChI=1S/C18H18N2O2/c1-12-3-4-14(11-13(12)2)5-6-15-7-8-16-19-9-10-20(16)17(15)18(21)22/h3-4,7-11H,5-6H2,1-2H3,(H,21,22). The molecule has 0 amide bonds. The van der Waals surface area contributed by atoms with Crippen LogP contribution in [0.1, 0.15) is 32.7 Å². The largest absolute Gasteiger partial charge is 0.477 e. The normalized spacial score (nSPS) is 11.0. The summed E-state index contributed by atoms with van der Waals surface area (Å²) in [6, 6.07) is 10.1. The monoisotopic (exact) mass is 294 g/mol. The van der Waals surface area contributed by atoms with Crippen molar-refractivity contribution in [2.75, 3.05) is 0 Å². The number of pyridine rings is 1. The Labute approximate surface area is 129 Å². The smallest absolute Gasteiger partial charge is 0.353 e. The van der Waals surface area contributed by atoms with Crippen LogP contribution < -0.4 is 0 Å². The first-order valence-corrected chi connectivity index (χ1v) is 7.30. The number of carboxylic acids is 1. The molecule has 0 aliphatic heterocycles. The number of aromatic nitrogens is 2. The Bertz CT molecular complexity index is 849. The van der Waals surface area contributed by atoms with E-state index in [4.69, 9.17) is 0 Å². The average molecular weight is 294 g/mol. The van der Waals surface area contributed by atoms with Crippen molar-refractivity contribution < 1.29 is 9.90 Å². The molecule has 0 saturated carbocycles. The molecule has 2 aromatic heterocycles. The average Bonchev–Trinajstić information content (AvgIpc) is 2.95. The lowest BCUT2D eigenvalue weighted by Crippen LogP contribution is -2.10. The third kappa shape index (κ3) is 2.60. The van der Waals surface area contributed by atoms with Gasteiger partial charge in [0.1, 0.15) is 11.3 Å². The summed E-state index contributed by atoms with van der Waals surface area (Å²) in [4.78, 5) is 15.7. The number of nitrogens with zero attached hydrogens (tertiary/aromatic N) is 2. The molecule has 4 nitrogen and oxygen atoms in total. The molecule has 0 fully saturated rings. The SMILES string of the molecule is Cc1ccc(CCc2ccc3nccn3c2C(=O)O)cc1C. The quantitative estimate of drug-likeness (QED) is 0.802. The molecule has 0 bridgehead atoms. The minimum Gasteiger partial charge on any atom is -0.477 e. The minimum absolute atomic E-state index is 0.304. The lowest BCUT2D eigenvalue weighted by Gasteiger charge is -2.10. The Kier molecular flexibility index (Phi) is 3.67. The Balaban J connectivity index is 1.91. The molecular weight excluding hydrogens is 276 g/mol. The predicted molar refractivity (Wildman–Crippen MR) is 85.5 cm³/mol. The zero-order valence-electron chi connectivity index (χ0n) is 12.7. The molecule has 1 aromatic carbocycles. The second-order valence-electron chi connectivity index (χ2n) is 5.59. The van der Waals surface area contributed by atoms with Gasteiger partial charge < -0.3 is 5.11 Å². The number of aromatic carboxylic acids is 1. The number of aryl methyl sites for hydroxylation is 4. The van der Waals surface area contributed by atoms with Crippen LogP contribution in [-0.4, -0.2) is 20.5 Å². The van der Waals surface area contributed by atoms with Crippen molar-refractivity contribution in [3.63, 3.8) is 0 Å². The molecule has 1 N–H and O–H groups in total. The van der Waals surface area contributed by atoms with Crippen LogP contribution in [-0.2, 0) is 12.8 Å². The molecule has 0 saturated heterocycles. The number of fused-ring (bicyclic) bond motifs is 1. The summed E-state index contributed by atoms with van der Waals surface area (Å²) in [5.41, 5.74) is 5.56. The summed E-state index contributed by atoms with van der Waals surface area (Å²) >= 11 is 0. The predicted octanol–water partition coefficient (Wildman–Crippen LogP) is 3.43. The van der Waals surface area contributed by atoms with Crippen molar-refractivity contribution in [1.29, 1.82) is 0 Å². The zero-order valence-corrected chi connectivity index (χ0v) is 12.7. The van der Waals surface area contributed by atoms with Crippen molar-refractivity contribution in [1.82, 2.24) is 9.38 Å². The molecule has 22 heavy (non-hydrogen) atoms. The molecule has 0 radical (unpaired) electrons. The summed E-state index contributed by atoms with van der Waals surface area (Å²) in [5, 5.41) is 9.51. The van der Waals surface area contributed by atoms with Gasteiger partial charge in [0.05, 0.1) is 0 Å². The third-order valence-corrected chi connectivity index (χ3v) is 4.10. The van der Waals surface area contributed by atoms with E-state index in [1.165, 1.54) is 16.7 Å². The van der Waals surface area contributed by atoms with Crippen molar-refractivity contribution >= 4 is 11.6 Å². The molecular formula is C18H18N2O2. The molecule has 0 aliphatic carbocycles. The van der Waals surface area contributed by atoms with Gasteiger partial charge in [-0.15, -0.1) is 0 Å². The number of rotatable bonds is 4. The highest BCUT2D eigenvalue weighted by atomic mass is 16.4. The maximum atomic E-state index is 11.6. The fourth-order valence-electron chi connectivity index (χ4n) is 2.72. The molecule has 4 heteroatoms. The van der Waals surface area contributed by atoms with Crippen LogP contribution >= 0.6 is 0 Å². The molecule has 3 aromatic rings. The summed E-state index contributed by atoms with van der Waals surface area (Å²) in [5.74, 6) is -0.918. The van der Waals surface area contributed by atoms with Gasteiger partial charge in [-0.3, -0.25) is 4.40 Å². The van der Waals surface area contributed by atoms with Crippen molar-refractivity contribution in [2.45, 2.75) is 26.7 Å². The fourth-order valence-corrected chi connectivity index (χ4v) is 2.72. The number of carboxylic acid groups (broad SMARTS) is 1. The number of benzene rings is 1. The van der Waals surface area contributed by atoms with Gasteiger partial charge in [0.2, 0.25) is 0 Å². The van der Waals surface area contributed by atoms with Gasteiger partial charge in [0, 0.05) is 12.4 Å². The van der Waals surface area contributed by atoms with Gasteiger partial charge in [-0.25, -0.2) is 9.78 Å². The van der Waals surface area contributed by atoms with E-state index in [2.05, 4.69) is 37.0 Å². The van der Waals surface area contributed by atoms with E-state index in [9.17, 15) is 9.90 Å². The zero-order chi connectivity index (χ0) is 15.7. The van der Waals surface area contributed by atoms with Crippen LogP contribution in [0.4, 0.5) is 0 Å². The number of hydrogen-bond acceptors (Lipinski definition) is 2. The number of carbonyl (C=O) groups is 1. The van der Waals surface area contributed by atoms with Crippen LogP contribution in [0.15, 0.2) is 42.7 Å². The van der Waals surface area contributed by atoms with E-state index >= 15 is 0 Å². The second kappa shape index (κ2) is 5.64. The molecule has 2 heterocycles. The molecule has 0 atom stereocenters. The van der Waals surface area contributed by atoms with Crippen molar-refractivity contribution in [3.05, 3.63) is 70.7 Å². The summed E-state index contributed by atoms with van der Waals surface area (Å²) in [6.07, 6.45) is 4.83. The molecule has 0 unspecified atom stereocenters. The second-order valence-corrected chi connectivity index (χ2v) is 5.59. The summed E-state index contributed by atoms with van der Waals surface area (Å²) in [6.45, 7) is 4.19. The van der Waals surface area contributed by atoms with E-state index in [-0.39, 0.29) is 0 Å². The van der Waals surface area contributed by atoms with Gasteiger partial charge in [-0.1, -0.05) is 24.3 Å². The van der Waals surface area contributed by atoms with Crippen LogP contribution in [0.2, 0.25) is 0 Å². The van der Waals surface area contributed by atoms with E-state index in [0.29, 0.717) is 17.8 Å². The Morgan fingerprint density at radius 3 is 2.68 bits per heavy atom. The van der Waals surface area contributed by atoms with Gasteiger partial charge in [-0.2, -0.15) is 0 Å². The Hall–Kier alpha value is -2.62. The van der Waals surface area contributed by atoms with E-state index in [1.807, 2.05) is 12.1 Å². The highest BCUT2D eigenvalue weighted by Gasteiger charge is 2.14. The maximum absolute atomic E-state index is 11.6. The lowest BCUT2D eigenvalue weighted by molar-refractivity contribution is 0.0687. The van der Waals surface area contributed by atoms with Gasteiger partial charge in [0.25, 0.3) is 0 Å². The van der Waals surface area contributed by atoms with E-state index < -0.39 is 5.97 Å². The molecule has 112 valence electrons.